The number of nitrogens with two attached hydrogens (primary N) is 1. The highest BCUT2D eigenvalue weighted by atomic mass is 35.5. The Morgan fingerprint density at radius 2 is 2.05 bits per heavy atom. The molecule has 1 atom stereocenters. The number of amides is 2. The van der Waals surface area contributed by atoms with Crippen molar-refractivity contribution in [2.45, 2.75) is 25.8 Å². The first-order chi connectivity index (χ1) is 8.93. The molecule has 0 saturated carbocycles. The van der Waals surface area contributed by atoms with Crippen molar-refractivity contribution in [1.29, 1.82) is 0 Å². The first-order valence-electron chi connectivity index (χ1n) is 6.01. The number of rotatable bonds is 5. The average molecular weight is 320 g/mol. The average Bonchev–Trinajstić information content (AvgIpc) is 2.37. The zero-order chi connectivity index (χ0) is 14.4. The van der Waals surface area contributed by atoms with Crippen molar-refractivity contribution < 1.29 is 9.59 Å². The fourth-order valence-electron chi connectivity index (χ4n) is 1.49. The summed E-state index contributed by atoms with van der Waals surface area (Å²) in [5.41, 5.74) is 6.45. The van der Waals surface area contributed by atoms with Crippen molar-refractivity contribution in [1.82, 2.24) is 5.32 Å². The maximum absolute atomic E-state index is 11.7. The van der Waals surface area contributed by atoms with E-state index < -0.39 is 0 Å². The normalized spacial score (nSPS) is 11.2. The lowest BCUT2D eigenvalue weighted by Gasteiger charge is -2.09. The lowest BCUT2D eigenvalue weighted by Crippen LogP contribution is -2.20. The number of benzene rings is 1. The van der Waals surface area contributed by atoms with Gasteiger partial charge >= 0.3 is 0 Å². The molecule has 2 amide bonds. The largest absolute Gasteiger partial charge is 0.355 e. The molecule has 4 N–H and O–H groups in total. The van der Waals surface area contributed by atoms with Gasteiger partial charge in [-0.2, -0.15) is 0 Å². The Balaban J connectivity index is 0.00000361. The van der Waals surface area contributed by atoms with Crippen molar-refractivity contribution in [2.75, 3.05) is 12.4 Å². The number of halogens is 2. The molecule has 0 spiro atoms. The van der Waals surface area contributed by atoms with Crippen LogP contribution in [0, 0.1) is 0 Å². The van der Waals surface area contributed by atoms with Gasteiger partial charge in [0.1, 0.15) is 0 Å². The molecular weight excluding hydrogens is 301 g/mol. The van der Waals surface area contributed by atoms with Crippen molar-refractivity contribution in [2.24, 2.45) is 5.73 Å². The molecule has 0 aliphatic heterocycles. The van der Waals surface area contributed by atoms with E-state index >= 15 is 0 Å². The van der Waals surface area contributed by atoms with Gasteiger partial charge in [-0.25, -0.2) is 0 Å². The van der Waals surface area contributed by atoms with Gasteiger partial charge < -0.3 is 16.4 Å². The van der Waals surface area contributed by atoms with Crippen LogP contribution in [0.2, 0.25) is 5.02 Å². The molecule has 1 aromatic rings. The summed E-state index contributed by atoms with van der Waals surface area (Å²) < 4.78 is 0. The van der Waals surface area contributed by atoms with Crippen LogP contribution in [0.3, 0.4) is 0 Å². The summed E-state index contributed by atoms with van der Waals surface area (Å²) in [6, 6.07) is 4.76. The van der Waals surface area contributed by atoms with E-state index in [9.17, 15) is 9.59 Å². The SMILES string of the molecule is CNC(=O)c1cc(NC(=O)CCC(C)N)ccc1Cl.Cl. The van der Waals surface area contributed by atoms with Crippen LogP contribution in [-0.4, -0.2) is 24.9 Å². The van der Waals surface area contributed by atoms with Crippen LogP contribution in [0.15, 0.2) is 18.2 Å². The van der Waals surface area contributed by atoms with E-state index in [2.05, 4.69) is 10.6 Å². The molecule has 1 unspecified atom stereocenters. The van der Waals surface area contributed by atoms with E-state index in [1.54, 1.807) is 18.2 Å². The van der Waals surface area contributed by atoms with Gasteiger partial charge in [-0.15, -0.1) is 12.4 Å². The molecule has 20 heavy (non-hydrogen) atoms. The monoisotopic (exact) mass is 319 g/mol. The third-order valence-electron chi connectivity index (χ3n) is 2.55. The zero-order valence-corrected chi connectivity index (χ0v) is 13.0. The Morgan fingerprint density at radius 3 is 2.60 bits per heavy atom. The Hall–Kier alpha value is -1.30. The maximum atomic E-state index is 11.7. The third kappa shape index (κ3) is 5.77. The quantitative estimate of drug-likeness (QED) is 0.777. The highest BCUT2D eigenvalue weighted by molar-refractivity contribution is 6.34. The van der Waals surface area contributed by atoms with Gasteiger partial charge in [-0.1, -0.05) is 11.6 Å². The Kier molecular flexibility index (Phi) is 8.22. The van der Waals surface area contributed by atoms with Gasteiger partial charge in [-0.3, -0.25) is 9.59 Å². The second-order valence-electron chi connectivity index (χ2n) is 4.34. The molecule has 1 rings (SSSR count). The molecule has 7 heteroatoms. The van der Waals surface area contributed by atoms with Crippen LogP contribution >= 0.6 is 24.0 Å². The lowest BCUT2D eigenvalue weighted by atomic mass is 10.1. The van der Waals surface area contributed by atoms with E-state index in [0.717, 1.165) is 0 Å². The van der Waals surface area contributed by atoms with Crippen LogP contribution in [0.25, 0.3) is 0 Å². The molecule has 0 bridgehead atoms. The molecular formula is C13H19Cl2N3O2. The highest BCUT2D eigenvalue weighted by Gasteiger charge is 2.11. The predicted octanol–water partition coefficient (Wildman–Crippen LogP) is 2.19. The second kappa shape index (κ2) is 8.79. The minimum atomic E-state index is -0.295. The smallest absolute Gasteiger partial charge is 0.252 e. The molecule has 0 aliphatic rings. The zero-order valence-electron chi connectivity index (χ0n) is 11.4. The van der Waals surface area contributed by atoms with Crippen LogP contribution in [0.4, 0.5) is 5.69 Å². The molecule has 5 nitrogen and oxygen atoms in total. The highest BCUT2D eigenvalue weighted by Crippen LogP contribution is 2.20. The van der Waals surface area contributed by atoms with E-state index in [4.69, 9.17) is 17.3 Å². The standard InChI is InChI=1S/C13H18ClN3O2.ClH/c1-8(15)3-6-12(18)17-9-4-5-11(14)10(7-9)13(19)16-2;/h4-5,7-8H,3,6,15H2,1-2H3,(H,16,19)(H,17,18);1H. The van der Waals surface area contributed by atoms with Crippen molar-refractivity contribution in [3.8, 4) is 0 Å². The maximum Gasteiger partial charge on any atom is 0.252 e. The topological polar surface area (TPSA) is 84.2 Å². The Labute approximate surface area is 129 Å². The van der Waals surface area contributed by atoms with E-state index in [1.165, 1.54) is 7.05 Å². The van der Waals surface area contributed by atoms with Gasteiger partial charge in [0.05, 0.1) is 10.6 Å². The first-order valence-corrected chi connectivity index (χ1v) is 6.39. The molecule has 0 saturated heterocycles. The minimum absolute atomic E-state index is 0. The van der Waals surface area contributed by atoms with Gasteiger partial charge in [0, 0.05) is 25.2 Å². The molecule has 1 aromatic carbocycles. The van der Waals surface area contributed by atoms with Crippen molar-refractivity contribution >= 4 is 41.5 Å². The molecule has 0 radical (unpaired) electrons. The second-order valence-corrected chi connectivity index (χ2v) is 4.75. The Bertz CT molecular complexity index is 479. The first kappa shape index (κ1) is 18.7. The summed E-state index contributed by atoms with van der Waals surface area (Å²) in [4.78, 5) is 23.2. The van der Waals surface area contributed by atoms with Crippen LogP contribution in [0.1, 0.15) is 30.1 Å². The lowest BCUT2D eigenvalue weighted by molar-refractivity contribution is -0.116. The summed E-state index contributed by atoms with van der Waals surface area (Å²) in [5.74, 6) is -0.431. The molecule has 112 valence electrons. The van der Waals surface area contributed by atoms with Crippen LogP contribution in [0.5, 0.6) is 0 Å². The van der Waals surface area contributed by atoms with Crippen LogP contribution in [-0.2, 0) is 4.79 Å². The number of nitrogens with one attached hydrogen (secondary N) is 2. The van der Waals surface area contributed by atoms with Gasteiger partial charge in [0.2, 0.25) is 5.91 Å². The summed E-state index contributed by atoms with van der Waals surface area (Å²) >= 11 is 5.92. The molecule has 0 aromatic heterocycles. The molecule has 0 fully saturated rings. The third-order valence-corrected chi connectivity index (χ3v) is 2.88. The van der Waals surface area contributed by atoms with Crippen LogP contribution < -0.4 is 16.4 Å². The van der Waals surface area contributed by atoms with E-state index in [1.807, 2.05) is 6.92 Å². The number of hydrogen-bond donors (Lipinski definition) is 3. The number of carbonyl (C=O) groups excluding carboxylic acids is 2. The van der Waals surface area contributed by atoms with Crippen molar-refractivity contribution in [3.63, 3.8) is 0 Å². The fraction of sp³-hybridized carbons (Fsp3) is 0.385. The minimum Gasteiger partial charge on any atom is -0.355 e. The summed E-state index contributed by atoms with van der Waals surface area (Å²) in [6.45, 7) is 1.85. The molecule has 0 heterocycles. The number of carbonyl (C=O) groups is 2. The van der Waals surface area contributed by atoms with E-state index in [0.29, 0.717) is 29.1 Å². The Morgan fingerprint density at radius 1 is 1.40 bits per heavy atom. The van der Waals surface area contributed by atoms with E-state index in [-0.39, 0.29) is 30.3 Å². The number of hydrogen-bond acceptors (Lipinski definition) is 3. The fourth-order valence-corrected chi connectivity index (χ4v) is 1.70. The number of anilines is 1. The van der Waals surface area contributed by atoms with Crippen molar-refractivity contribution in [3.05, 3.63) is 28.8 Å². The van der Waals surface area contributed by atoms with Gasteiger partial charge in [-0.05, 0) is 31.5 Å². The molecule has 0 aliphatic carbocycles. The summed E-state index contributed by atoms with van der Waals surface area (Å²) in [7, 11) is 1.52. The van der Waals surface area contributed by atoms with Gasteiger partial charge in [0.25, 0.3) is 5.91 Å². The predicted molar refractivity (Wildman–Crippen MR) is 83.6 cm³/mol. The summed E-state index contributed by atoms with van der Waals surface area (Å²) in [6.07, 6.45) is 0.956. The van der Waals surface area contributed by atoms with Gasteiger partial charge in [0.15, 0.2) is 0 Å². The summed E-state index contributed by atoms with van der Waals surface area (Å²) in [5, 5.41) is 5.54.